The Morgan fingerprint density at radius 1 is 1.00 bits per heavy atom. The second-order valence-electron chi connectivity index (χ2n) is 5.92. The zero-order valence-electron chi connectivity index (χ0n) is 17.3. The van der Waals surface area contributed by atoms with Crippen molar-refractivity contribution >= 4 is 35.2 Å². The summed E-state index contributed by atoms with van der Waals surface area (Å²) in [6.45, 7) is 4.33. The van der Waals surface area contributed by atoms with E-state index in [0.717, 1.165) is 5.56 Å². The smallest absolute Gasteiger partial charge is 0.341 e. The van der Waals surface area contributed by atoms with Crippen molar-refractivity contribution in [2.45, 2.75) is 13.8 Å². The molecule has 0 bridgehead atoms. The molecule has 0 unspecified atom stereocenters. The molecule has 0 aliphatic carbocycles. The molecule has 0 fully saturated rings. The van der Waals surface area contributed by atoms with Crippen LogP contribution in [-0.4, -0.2) is 39.3 Å². The zero-order chi connectivity index (χ0) is 22.1. The van der Waals surface area contributed by atoms with Crippen molar-refractivity contribution in [3.05, 3.63) is 52.6 Å². The molecule has 0 aromatic heterocycles. The van der Waals surface area contributed by atoms with Crippen LogP contribution >= 0.6 is 11.6 Å². The van der Waals surface area contributed by atoms with E-state index in [1.807, 2.05) is 6.92 Å². The van der Waals surface area contributed by atoms with Gasteiger partial charge in [-0.15, -0.1) is 0 Å². The molecule has 160 valence electrons. The van der Waals surface area contributed by atoms with Crippen molar-refractivity contribution in [3.8, 4) is 17.2 Å². The molecule has 0 saturated heterocycles. The summed E-state index contributed by atoms with van der Waals surface area (Å²) < 4.78 is 21.0. The monoisotopic (exact) mass is 433 g/mol. The van der Waals surface area contributed by atoms with E-state index >= 15 is 0 Å². The number of esters is 1. The van der Waals surface area contributed by atoms with E-state index in [1.165, 1.54) is 25.3 Å². The van der Waals surface area contributed by atoms with E-state index in [9.17, 15) is 9.59 Å². The molecule has 0 aliphatic heterocycles. The standard InChI is InChI=1S/C22H24ClNO6/c1-5-29-18-9-7-14(11-20(18)28-4)8-10-21(25)24-17-13-19(27-3)15(12-16(17)23)22(26)30-6-2/h7-13H,5-6H2,1-4H3,(H,24,25)/b10-8+. The van der Waals surface area contributed by atoms with Crippen molar-refractivity contribution < 1.29 is 28.5 Å². The number of benzene rings is 2. The number of methoxy groups -OCH3 is 2. The normalized spacial score (nSPS) is 10.6. The van der Waals surface area contributed by atoms with Gasteiger partial charge in [0.05, 0.1) is 38.1 Å². The molecule has 7 nitrogen and oxygen atoms in total. The van der Waals surface area contributed by atoms with Crippen LogP contribution < -0.4 is 19.5 Å². The van der Waals surface area contributed by atoms with Crippen molar-refractivity contribution in [1.29, 1.82) is 0 Å². The maximum Gasteiger partial charge on any atom is 0.341 e. The van der Waals surface area contributed by atoms with Gasteiger partial charge in [-0.1, -0.05) is 17.7 Å². The van der Waals surface area contributed by atoms with Gasteiger partial charge in [0, 0.05) is 12.1 Å². The Labute approximate surface area is 180 Å². The Bertz CT molecular complexity index is 941. The van der Waals surface area contributed by atoms with Gasteiger partial charge in [0.25, 0.3) is 0 Å². The van der Waals surface area contributed by atoms with Crippen LogP contribution in [0.5, 0.6) is 17.2 Å². The van der Waals surface area contributed by atoms with Gasteiger partial charge in [-0.2, -0.15) is 0 Å². The number of nitrogens with one attached hydrogen (secondary N) is 1. The van der Waals surface area contributed by atoms with Crippen molar-refractivity contribution in [1.82, 2.24) is 0 Å². The minimum absolute atomic E-state index is 0.180. The molecule has 1 N–H and O–H groups in total. The molecular weight excluding hydrogens is 410 g/mol. The van der Waals surface area contributed by atoms with Gasteiger partial charge >= 0.3 is 5.97 Å². The third kappa shape index (κ3) is 5.90. The summed E-state index contributed by atoms with van der Waals surface area (Å²) in [5.41, 5.74) is 1.24. The summed E-state index contributed by atoms with van der Waals surface area (Å²) >= 11 is 6.22. The summed E-state index contributed by atoms with van der Waals surface area (Å²) in [6.07, 6.45) is 2.99. The number of hydrogen-bond acceptors (Lipinski definition) is 6. The lowest BCUT2D eigenvalue weighted by Crippen LogP contribution is -2.11. The van der Waals surface area contributed by atoms with Crippen LogP contribution in [0.3, 0.4) is 0 Å². The average Bonchev–Trinajstić information content (AvgIpc) is 2.74. The van der Waals surface area contributed by atoms with Gasteiger partial charge < -0.3 is 24.3 Å². The van der Waals surface area contributed by atoms with Crippen LogP contribution in [0.15, 0.2) is 36.4 Å². The van der Waals surface area contributed by atoms with E-state index in [2.05, 4.69) is 5.32 Å². The Balaban J connectivity index is 2.17. The average molecular weight is 434 g/mol. The third-order valence-electron chi connectivity index (χ3n) is 3.96. The molecule has 0 heterocycles. The molecule has 0 aliphatic rings. The largest absolute Gasteiger partial charge is 0.496 e. The zero-order valence-corrected chi connectivity index (χ0v) is 18.0. The van der Waals surface area contributed by atoms with Crippen LogP contribution in [-0.2, 0) is 9.53 Å². The lowest BCUT2D eigenvalue weighted by Gasteiger charge is -2.12. The van der Waals surface area contributed by atoms with E-state index in [0.29, 0.717) is 23.8 Å². The fourth-order valence-corrected chi connectivity index (χ4v) is 2.81. The first-order valence-corrected chi connectivity index (χ1v) is 9.65. The molecule has 0 radical (unpaired) electrons. The Morgan fingerprint density at radius 2 is 1.73 bits per heavy atom. The molecule has 0 atom stereocenters. The second kappa shape index (κ2) is 11.1. The summed E-state index contributed by atoms with van der Waals surface area (Å²) in [4.78, 5) is 24.3. The van der Waals surface area contributed by atoms with Crippen molar-refractivity contribution in [2.75, 3.05) is 32.8 Å². The summed E-state index contributed by atoms with van der Waals surface area (Å²) in [6, 6.07) is 8.21. The highest BCUT2D eigenvalue weighted by molar-refractivity contribution is 6.34. The first-order chi connectivity index (χ1) is 14.4. The molecule has 8 heteroatoms. The first-order valence-electron chi connectivity index (χ1n) is 9.28. The first kappa shape index (κ1) is 23.1. The van der Waals surface area contributed by atoms with E-state index in [1.54, 1.807) is 38.3 Å². The van der Waals surface area contributed by atoms with E-state index in [-0.39, 0.29) is 22.9 Å². The molecule has 0 saturated carbocycles. The summed E-state index contributed by atoms with van der Waals surface area (Å²) in [5.74, 6) is 0.478. The van der Waals surface area contributed by atoms with Gasteiger partial charge in [-0.3, -0.25) is 4.79 Å². The van der Waals surface area contributed by atoms with Gasteiger partial charge in [-0.05, 0) is 43.7 Å². The Hall–Kier alpha value is -3.19. The number of halogens is 1. The molecular formula is C22H24ClNO6. The number of anilines is 1. The minimum atomic E-state index is -0.557. The minimum Gasteiger partial charge on any atom is -0.496 e. The number of ether oxygens (including phenoxy) is 4. The highest BCUT2D eigenvalue weighted by atomic mass is 35.5. The highest BCUT2D eigenvalue weighted by Gasteiger charge is 2.17. The topological polar surface area (TPSA) is 83.1 Å². The number of rotatable bonds is 9. The fraction of sp³-hybridized carbons (Fsp3) is 0.273. The van der Waals surface area contributed by atoms with E-state index in [4.69, 9.17) is 30.5 Å². The van der Waals surface area contributed by atoms with Gasteiger partial charge in [0.1, 0.15) is 11.3 Å². The number of amides is 1. The quantitative estimate of drug-likeness (QED) is 0.460. The maximum absolute atomic E-state index is 12.3. The van der Waals surface area contributed by atoms with Crippen LogP contribution in [0, 0.1) is 0 Å². The van der Waals surface area contributed by atoms with Crippen molar-refractivity contribution in [3.63, 3.8) is 0 Å². The van der Waals surface area contributed by atoms with Crippen LogP contribution in [0.1, 0.15) is 29.8 Å². The lowest BCUT2D eigenvalue weighted by atomic mass is 10.1. The van der Waals surface area contributed by atoms with E-state index < -0.39 is 11.9 Å². The summed E-state index contributed by atoms with van der Waals surface area (Å²) in [7, 11) is 2.96. The van der Waals surface area contributed by atoms with Gasteiger partial charge in [0.2, 0.25) is 5.91 Å². The molecule has 2 aromatic rings. The molecule has 0 spiro atoms. The Kier molecular flexibility index (Phi) is 8.55. The number of carbonyl (C=O) groups excluding carboxylic acids is 2. The highest BCUT2D eigenvalue weighted by Crippen LogP contribution is 2.32. The van der Waals surface area contributed by atoms with Gasteiger partial charge in [0.15, 0.2) is 11.5 Å². The van der Waals surface area contributed by atoms with Gasteiger partial charge in [-0.25, -0.2) is 4.79 Å². The number of carbonyl (C=O) groups is 2. The van der Waals surface area contributed by atoms with Crippen molar-refractivity contribution in [2.24, 2.45) is 0 Å². The maximum atomic E-state index is 12.3. The molecule has 2 aromatic carbocycles. The van der Waals surface area contributed by atoms with Crippen LogP contribution in [0.2, 0.25) is 5.02 Å². The predicted molar refractivity (Wildman–Crippen MR) is 116 cm³/mol. The summed E-state index contributed by atoms with van der Waals surface area (Å²) in [5, 5.41) is 2.85. The molecule has 1 amide bonds. The molecule has 30 heavy (non-hydrogen) atoms. The predicted octanol–water partition coefficient (Wildman–Crippen LogP) is 4.58. The lowest BCUT2D eigenvalue weighted by molar-refractivity contribution is -0.111. The third-order valence-corrected chi connectivity index (χ3v) is 4.27. The molecule has 2 rings (SSSR count). The second-order valence-corrected chi connectivity index (χ2v) is 6.33. The van der Waals surface area contributed by atoms with Crippen LogP contribution in [0.4, 0.5) is 5.69 Å². The fourth-order valence-electron chi connectivity index (χ4n) is 2.60. The number of hydrogen-bond donors (Lipinski definition) is 1. The Morgan fingerprint density at radius 3 is 2.37 bits per heavy atom. The SMILES string of the molecule is CCOC(=O)c1cc(Cl)c(NC(=O)/C=C/c2ccc(OCC)c(OC)c2)cc1OC. The van der Waals surface area contributed by atoms with Crippen LogP contribution in [0.25, 0.3) is 6.08 Å².